The molecule has 5 nitrogen and oxygen atoms in total. The minimum atomic E-state index is -0.472. The first-order valence-electron chi connectivity index (χ1n) is 7.52. The highest BCUT2D eigenvalue weighted by molar-refractivity contribution is 5.91. The van der Waals surface area contributed by atoms with E-state index in [1.165, 1.54) is 0 Å². The van der Waals surface area contributed by atoms with Crippen molar-refractivity contribution in [2.24, 2.45) is 0 Å². The van der Waals surface area contributed by atoms with Crippen molar-refractivity contribution in [3.8, 4) is 5.75 Å². The number of urea groups is 1. The number of aliphatic hydroxyl groups excluding tert-OH is 1. The molecule has 0 aromatic heterocycles. The molecular weight excluding hydrogens is 268 g/mol. The van der Waals surface area contributed by atoms with Crippen LogP contribution in [-0.4, -0.2) is 29.9 Å². The minimum absolute atomic E-state index is 0.0212. The molecule has 0 atom stereocenters. The third-order valence-corrected chi connectivity index (χ3v) is 3.93. The maximum Gasteiger partial charge on any atom is 0.319 e. The number of hydrogen-bond donors (Lipinski definition) is 3. The summed E-state index contributed by atoms with van der Waals surface area (Å²) >= 11 is 0. The lowest BCUT2D eigenvalue weighted by atomic mass is 9.99. The lowest BCUT2D eigenvalue weighted by Gasteiger charge is -2.28. The summed E-state index contributed by atoms with van der Waals surface area (Å²) in [4.78, 5) is 12.2. The molecule has 116 valence electrons. The van der Waals surface area contributed by atoms with Gasteiger partial charge in [0.05, 0.1) is 24.4 Å². The average molecular weight is 292 g/mol. The quantitative estimate of drug-likeness (QED) is 0.781. The number of benzene rings is 1. The van der Waals surface area contributed by atoms with Crippen molar-refractivity contribution in [3.63, 3.8) is 0 Å². The van der Waals surface area contributed by atoms with E-state index >= 15 is 0 Å². The van der Waals surface area contributed by atoms with Crippen LogP contribution >= 0.6 is 0 Å². The van der Waals surface area contributed by atoms with Crippen LogP contribution in [0.1, 0.15) is 38.2 Å². The molecular formula is C16H24N2O3. The summed E-state index contributed by atoms with van der Waals surface area (Å²) in [6.07, 6.45) is 3.72. The fourth-order valence-electron chi connectivity index (χ4n) is 2.78. The Morgan fingerprint density at radius 3 is 2.71 bits per heavy atom. The van der Waals surface area contributed by atoms with Gasteiger partial charge in [-0.15, -0.1) is 0 Å². The molecule has 0 spiro atoms. The van der Waals surface area contributed by atoms with Crippen molar-refractivity contribution in [3.05, 3.63) is 23.8 Å². The van der Waals surface area contributed by atoms with Crippen molar-refractivity contribution in [2.75, 3.05) is 18.5 Å². The van der Waals surface area contributed by atoms with Crippen LogP contribution in [-0.2, 0) is 0 Å². The van der Waals surface area contributed by atoms with Crippen LogP contribution in [0.5, 0.6) is 5.75 Å². The first-order valence-corrected chi connectivity index (χ1v) is 7.52. The molecule has 21 heavy (non-hydrogen) atoms. The summed E-state index contributed by atoms with van der Waals surface area (Å²) in [5.74, 6) is 0.664. The van der Waals surface area contributed by atoms with Crippen LogP contribution in [0.15, 0.2) is 18.2 Å². The summed E-state index contributed by atoms with van der Waals surface area (Å²) < 4.78 is 5.55. The Morgan fingerprint density at radius 2 is 2.10 bits per heavy atom. The van der Waals surface area contributed by atoms with E-state index < -0.39 is 5.54 Å². The molecule has 1 fully saturated rings. The Kier molecular flexibility index (Phi) is 5.07. The topological polar surface area (TPSA) is 70.6 Å². The zero-order chi connectivity index (χ0) is 15.3. The van der Waals surface area contributed by atoms with Crippen LogP contribution < -0.4 is 15.4 Å². The predicted molar refractivity (Wildman–Crippen MR) is 82.8 cm³/mol. The normalized spacial score (nSPS) is 16.5. The first kappa shape index (κ1) is 15.6. The van der Waals surface area contributed by atoms with Gasteiger partial charge in [-0.3, -0.25) is 0 Å². The average Bonchev–Trinajstić information content (AvgIpc) is 2.91. The fraction of sp³-hybridized carbons (Fsp3) is 0.562. The smallest absolute Gasteiger partial charge is 0.319 e. The number of anilines is 1. The second-order valence-corrected chi connectivity index (χ2v) is 5.66. The number of aryl methyl sites for hydroxylation is 1. The minimum Gasteiger partial charge on any atom is -0.492 e. The van der Waals surface area contributed by atoms with Gasteiger partial charge in [0.15, 0.2) is 0 Å². The number of nitrogens with one attached hydrogen (secondary N) is 2. The second-order valence-electron chi connectivity index (χ2n) is 5.66. The van der Waals surface area contributed by atoms with Crippen LogP contribution in [0.2, 0.25) is 0 Å². The van der Waals surface area contributed by atoms with Gasteiger partial charge in [0, 0.05) is 0 Å². The molecule has 1 aliphatic carbocycles. The highest BCUT2D eigenvalue weighted by Crippen LogP contribution is 2.30. The van der Waals surface area contributed by atoms with Crippen molar-refractivity contribution in [1.29, 1.82) is 0 Å². The Balaban J connectivity index is 2.05. The fourth-order valence-corrected chi connectivity index (χ4v) is 2.78. The Morgan fingerprint density at radius 1 is 1.38 bits per heavy atom. The van der Waals surface area contributed by atoms with Crippen molar-refractivity contribution < 1.29 is 14.6 Å². The van der Waals surface area contributed by atoms with Crippen molar-refractivity contribution >= 4 is 11.7 Å². The van der Waals surface area contributed by atoms with Gasteiger partial charge in [-0.25, -0.2) is 4.79 Å². The number of ether oxygens (including phenoxy) is 1. The summed E-state index contributed by atoms with van der Waals surface area (Å²) in [5, 5.41) is 15.3. The standard InChI is InChI=1S/C16H24N2O3/c1-3-21-14-10-12(2)6-7-13(14)17-15(20)18-16(11-19)8-4-5-9-16/h6-7,10,19H,3-5,8-9,11H2,1-2H3,(H2,17,18,20). The second kappa shape index (κ2) is 6.80. The van der Waals surface area contributed by atoms with Gasteiger partial charge in [0.1, 0.15) is 5.75 Å². The van der Waals surface area contributed by atoms with Crippen molar-refractivity contribution in [2.45, 2.75) is 45.1 Å². The number of amides is 2. The highest BCUT2D eigenvalue weighted by Gasteiger charge is 2.34. The van der Waals surface area contributed by atoms with E-state index in [2.05, 4.69) is 10.6 Å². The van der Waals surface area contributed by atoms with Crippen LogP contribution in [0.25, 0.3) is 0 Å². The highest BCUT2D eigenvalue weighted by atomic mass is 16.5. The zero-order valence-electron chi connectivity index (χ0n) is 12.7. The number of carbonyl (C=O) groups is 1. The van der Waals surface area contributed by atoms with Crippen LogP contribution in [0, 0.1) is 6.92 Å². The molecule has 0 aliphatic heterocycles. The van der Waals surface area contributed by atoms with Crippen LogP contribution in [0.3, 0.4) is 0 Å². The van der Waals surface area contributed by atoms with Gasteiger partial charge in [0.25, 0.3) is 0 Å². The Bertz CT molecular complexity index is 496. The molecule has 2 amide bonds. The summed E-state index contributed by atoms with van der Waals surface area (Å²) in [6.45, 7) is 4.41. The zero-order valence-corrected chi connectivity index (χ0v) is 12.7. The van der Waals surface area contributed by atoms with E-state index in [4.69, 9.17) is 4.74 Å². The number of rotatable bonds is 5. The van der Waals surface area contributed by atoms with E-state index in [0.717, 1.165) is 31.2 Å². The lowest BCUT2D eigenvalue weighted by molar-refractivity contribution is 0.167. The maximum atomic E-state index is 12.2. The number of aliphatic hydroxyl groups is 1. The molecule has 0 unspecified atom stereocenters. The molecule has 1 aromatic rings. The molecule has 0 saturated heterocycles. The predicted octanol–water partition coefficient (Wildman–Crippen LogP) is 2.82. The third-order valence-electron chi connectivity index (χ3n) is 3.93. The Labute approximate surface area is 125 Å². The van der Waals surface area contributed by atoms with E-state index in [9.17, 15) is 9.90 Å². The maximum absolute atomic E-state index is 12.2. The van der Waals surface area contributed by atoms with E-state index in [1.807, 2.05) is 32.0 Å². The molecule has 3 N–H and O–H groups in total. The first-order chi connectivity index (χ1) is 10.1. The number of carbonyl (C=O) groups excluding carboxylic acids is 1. The van der Waals surface area contributed by atoms with Gasteiger partial charge in [-0.05, 0) is 44.4 Å². The third kappa shape index (κ3) is 3.88. The van der Waals surface area contributed by atoms with Gasteiger partial charge in [-0.1, -0.05) is 18.9 Å². The van der Waals surface area contributed by atoms with E-state index in [-0.39, 0.29) is 12.6 Å². The summed E-state index contributed by atoms with van der Waals surface area (Å²) in [6, 6.07) is 5.36. The van der Waals surface area contributed by atoms with E-state index in [0.29, 0.717) is 18.0 Å². The van der Waals surface area contributed by atoms with Gasteiger partial charge < -0.3 is 20.5 Å². The number of hydrogen-bond acceptors (Lipinski definition) is 3. The molecule has 1 aliphatic rings. The Hall–Kier alpha value is -1.75. The lowest BCUT2D eigenvalue weighted by Crippen LogP contribution is -2.50. The van der Waals surface area contributed by atoms with Crippen LogP contribution in [0.4, 0.5) is 10.5 Å². The molecule has 1 saturated carbocycles. The summed E-state index contributed by atoms with van der Waals surface area (Å²) in [5.41, 5.74) is 1.25. The van der Waals surface area contributed by atoms with Gasteiger partial charge in [-0.2, -0.15) is 0 Å². The van der Waals surface area contributed by atoms with E-state index in [1.54, 1.807) is 0 Å². The SMILES string of the molecule is CCOc1cc(C)ccc1NC(=O)NC1(CO)CCCC1. The molecule has 0 bridgehead atoms. The molecule has 1 aromatic carbocycles. The molecule has 0 heterocycles. The molecule has 5 heteroatoms. The molecule has 0 radical (unpaired) electrons. The van der Waals surface area contributed by atoms with Gasteiger partial charge in [0.2, 0.25) is 0 Å². The largest absolute Gasteiger partial charge is 0.492 e. The van der Waals surface area contributed by atoms with Gasteiger partial charge >= 0.3 is 6.03 Å². The van der Waals surface area contributed by atoms with Crippen molar-refractivity contribution in [1.82, 2.24) is 5.32 Å². The molecule has 2 rings (SSSR count). The summed E-state index contributed by atoms with van der Waals surface area (Å²) in [7, 11) is 0. The monoisotopic (exact) mass is 292 g/mol.